The van der Waals surface area contributed by atoms with Crippen molar-refractivity contribution in [1.29, 1.82) is 0 Å². The average Bonchev–Trinajstić information content (AvgIpc) is 2.84. The van der Waals surface area contributed by atoms with Crippen molar-refractivity contribution >= 4 is 23.6 Å². The number of rotatable bonds is 3. The first-order valence-electron chi connectivity index (χ1n) is 5.64. The van der Waals surface area contributed by atoms with E-state index in [9.17, 15) is 14.4 Å². The van der Waals surface area contributed by atoms with E-state index in [4.69, 9.17) is 5.11 Å². The summed E-state index contributed by atoms with van der Waals surface area (Å²) in [6.07, 6.45) is 2.47. The van der Waals surface area contributed by atoms with Crippen molar-refractivity contribution in [2.45, 2.75) is 12.5 Å². The molecule has 1 atom stereocenters. The number of aliphatic carboxylic acids is 1. The van der Waals surface area contributed by atoms with Gasteiger partial charge in [0, 0.05) is 19.3 Å². The van der Waals surface area contributed by atoms with Gasteiger partial charge in [0.2, 0.25) is 5.91 Å². The van der Waals surface area contributed by atoms with E-state index < -0.39 is 30.4 Å². The van der Waals surface area contributed by atoms with Crippen LogP contribution in [0.5, 0.6) is 0 Å². The zero-order valence-electron chi connectivity index (χ0n) is 9.92. The topological polar surface area (TPSA) is 127 Å². The fraction of sp³-hybridized carbons (Fsp3) is 0.400. The van der Waals surface area contributed by atoms with Crippen molar-refractivity contribution in [3.63, 3.8) is 0 Å². The van der Waals surface area contributed by atoms with Crippen LogP contribution in [0.2, 0.25) is 0 Å². The van der Waals surface area contributed by atoms with Crippen LogP contribution < -0.4 is 10.6 Å². The number of carbonyl (C=O) groups excluding carboxylic acids is 2. The average molecular weight is 267 g/mol. The quantitative estimate of drug-likeness (QED) is 0.571. The van der Waals surface area contributed by atoms with Gasteiger partial charge in [-0.25, -0.2) is 4.79 Å². The first-order chi connectivity index (χ1) is 9.08. The Balaban J connectivity index is 2.08. The highest BCUT2D eigenvalue weighted by molar-refractivity contribution is 5.95. The summed E-state index contributed by atoms with van der Waals surface area (Å²) in [6.45, 7) is 0.557. The standard InChI is InChI=1S/C10H13N5O4/c16-8(17)3-7-9(18)11-1-2-15(7)10(19)14-6-4-12-13-5-6/h4-5,7H,1-3H2,(H,11,18)(H,12,13)(H,14,19)(H,16,17). The highest BCUT2D eigenvalue weighted by atomic mass is 16.4. The summed E-state index contributed by atoms with van der Waals surface area (Å²) in [5, 5.41) is 20.1. The molecule has 1 fully saturated rings. The van der Waals surface area contributed by atoms with Crippen molar-refractivity contribution in [2.24, 2.45) is 0 Å². The largest absolute Gasteiger partial charge is 0.481 e. The summed E-state index contributed by atoms with van der Waals surface area (Å²) >= 11 is 0. The molecule has 9 nitrogen and oxygen atoms in total. The second kappa shape index (κ2) is 5.38. The first-order valence-corrected chi connectivity index (χ1v) is 5.64. The van der Waals surface area contributed by atoms with Crippen LogP contribution in [0.1, 0.15) is 6.42 Å². The van der Waals surface area contributed by atoms with Crippen LogP contribution in [-0.2, 0) is 9.59 Å². The molecule has 3 amide bonds. The molecule has 1 aliphatic heterocycles. The molecule has 4 N–H and O–H groups in total. The Hall–Kier alpha value is -2.58. The number of aromatic nitrogens is 2. The van der Waals surface area contributed by atoms with Crippen molar-refractivity contribution in [3.8, 4) is 0 Å². The Bertz CT molecular complexity index is 486. The van der Waals surface area contributed by atoms with Crippen LogP contribution in [0.25, 0.3) is 0 Å². The number of hydrogen-bond acceptors (Lipinski definition) is 4. The van der Waals surface area contributed by atoms with E-state index in [-0.39, 0.29) is 6.54 Å². The molecule has 1 aliphatic rings. The minimum Gasteiger partial charge on any atom is -0.481 e. The summed E-state index contributed by atoms with van der Waals surface area (Å²) in [7, 11) is 0. The minimum atomic E-state index is -1.14. The van der Waals surface area contributed by atoms with E-state index in [0.717, 1.165) is 0 Å². The van der Waals surface area contributed by atoms with E-state index in [1.165, 1.54) is 17.3 Å². The Morgan fingerprint density at radius 1 is 1.58 bits per heavy atom. The Labute approximate surface area is 108 Å². The fourth-order valence-electron chi connectivity index (χ4n) is 1.84. The van der Waals surface area contributed by atoms with Gasteiger partial charge in [-0.1, -0.05) is 0 Å². The zero-order chi connectivity index (χ0) is 13.8. The Kier molecular flexibility index (Phi) is 3.64. The molecule has 1 saturated heterocycles. The summed E-state index contributed by atoms with van der Waals surface area (Å²) in [4.78, 5) is 35.6. The monoisotopic (exact) mass is 267 g/mol. The minimum absolute atomic E-state index is 0.257. The summed E-state index contributed by atoms with van der Waals surface area (Å²) in [5.74, 6) is -1.60. The predicted octanol–water partition coefficient (Wildman–Crippen LogP) is -0.783. The van der Waals surface area contributed by atoms with Crippen LogP contribution in [0.3, 0.4) is 0 Å². The van der Waals surface area contributed by atoms with Crippen molar-refractivity contribution in [2.75, 3.05) is 18.4 Å². The van der Waals surface area contributed by atoms with Gasteiger partial charge >= 0.3 is 12.0 Å². The number of H-pyrrole nitrogens is 1. The van der Waals surface area contributed by atoms with Crippen molar-refractivity contribution < 1.29 is 19.5 Å². The predicted molar refractivity (Wildman–Crippen MR) is 63.4 cm³/mol. The normalized spacial score (nSPS) is 18.8. The smallest absolute Gasteiger partial charge is 0.322 e. The van der Waals surface area contributed by atoms with Crippen LogP contribution >= 0.6 is 0 Å². The lowest BCUT2D eigenvalue weighted by Gasteiger charge is -2.33. The number of nitrogens with one attached hydrogen (secondary N) is 3. The molecule has 2 heterocycles. The lowest BCUT2D eigenvalue weighted by molar-refractivity contribution is -0.142. The first kappa shape index (κ1) is 12.9. The molecule has 19 heavy (non-hydrogen) atoms. The summed E-state index contributed by atoms with van der Waals surface area (Å²) in [6, 6.07) is -1.53. The maximum atomic E-state index is 12.0. The summed E-state index contributed by atoms with van der Waals surface area (Å²) < 4.78 is 0. The molecular formula is C10H13N5O4. The molecule has 0 saturated carbocycles. The lowest BCUT2D eigenvalue weighted by Crippen LogP contribution is -2.58. The third-order valence-electron chi connectivity index (χ3n) is 2.71. The number of carboxylic acid groups (broad SMARTS) is 1. The highest BCUT2D eigenvalue weighted by Gasteiger charge is 2.34. The third kappa shape index (κ3) is 3.00. The van der Waals surface area contributed by atoms with Gasteiger partial charge in [-0.3, -0.25) is 14.7 Å². The molecule has 0 bridgehead atoms. The number of carboxylic acids is 1. The Morgan fingerprint density at radius 3 is 3.00 bits per heavy atom. The van der Waals surface area contributed by atoms with Crippen LogP contribution in [-0.4, -0.2) is 57.2 Å². The summed E-state index contributed by atoms with van der Waals surface area (Å²) in [5.41, 5.74) is 0.449. The molecule has 2 rings (SSSR count). The van der Waals surface area contributed by atoms with E-state index in [0.29, 0.717) is 12.2 Å². The molecule has 1 aromatic rings. The second-order valence-electron chi connectivity index (χ2n) is 4.02. The number of nitrogens with zero attached hydrogens (tertiary/aromatic N) is 2. The number of anilines is 1. The lowest BCUT2D eigenvalue weighted by atomic mass is 10.1. The Morgan fingerprint density at radius 2 is 2.37 bits per heavy atom. The number of piperazine rings is 1. The molecule has 0 aromatic carbocycles. The fourth-order valence-corrected chi connectivity index (χ4v) is 1.84. The van der Waals surface area contributed by atoms with E-state index in [1.54, 1.807) is 0 Å². The van der Waals surface area contributed by atoms with Crippen molar-refractivity contribution in [3.05, 3.63) is 12.4 Å². The van der Waals surface area contributed by atoms with E-state index in [2.05, 4.69) is 20.8 Å². The van der Waals surface area contributed by atoms with Gasteiger partial charge in [0.05, 0.1) is 18.3 Å². The second-order valence-corrected chi connectivity index (χ2v) is 4.02. The molecular weight excluding hydrogens is 254 g/mol. The number of carbonyl (C=O) groups is 3. The molecule has 1 aromatic heterocycles. The van der Waals surface area contributed by atoms with Gasteiger partial charge in [-0.05, 0) is 0 Å². The molecule has 9 heteroatoms. The van der Waals surface area contributed by atoms with Crippen molar-refractivity contribution in [1.82, 2.24) is 20.4 Å². The van der Waals surface area contributed by atoms with Gasteiger partial charge in [-0.2, -0.15) is 5.10 Å². The molecule has 0 spiro atoms. The number of hydrogen-bond donors (Lipinski definition) is 4. The maximum absolute atomic E-state index is 12.0. The number of amides is 3. The van der Waals surface area contributed by atoms with Gasteiger partial charge in [0.15, 0.2) is 0 Å². The van der Waals surface area contributed by atoms with Gasteiger partial charge in [0.25, 0.3) is 0 Å². The van der Waals surface area contributed by atoms with E-state index in [1.807, 2.05) is 0 Å². The van der Waals surface area contributed by atoms with Gasteiger partial charge in [0.1, 0.15) is 6.04 Å². The SMILES string of the molecule is O=C(O)CC1C(=O)NCCN1C(=O)Nc1cn[nH]c1. The van der Waals surface area contributed by atoms with Crippen LogP contribution in [0.4, 0.5) is 10.5 Å². The van der Waals surface area contributed by atoms with E-state index >= 15 is 0 Å². The number of aromatic amines is 1. The highest BCUT2D eigenvalue weighted by Crippen LogP contribution is 2.12. The van der Waals surface area contributed by atoms with Crippen LogP contribution in [0.15, 0.2) is 12.4 Å². The van der Waals surface area contributed by atoms with Gasteiger partial charge in [-0.15, -0.1) is 0 Å². The zero-order valence-corrected chi connectivity index (χ0v) is 9.92. The van der Waals surface area contributed by atoms with Crippen LogP contribution in [0, 0.1) is 0 Å². The third-order valence-corrected chi connectivity index (χ3v) is 2.71. The molecule has 102 valence electrons. The molecule has 0 radical (unpaired) electrons. The molecule has 1 unspecified atom stereocenters. The van der Waals surface area contributed by atoms with Gasteiger partial charge < -0.3 is 20.6 Å². The number of urea groups is 1. The maximum Gasteiger partial charge on any atom is 0.322 e. The molecule has 0 aliphatic carbocycles.